The van der Waals surface area contributed by atoms with E-state index in [0.717, 1.165) is 16.8 Å². The number of benzene rings is 1. The van der Waals surface area contributed by atoms with Crippen LogP contribution >= 0.6 is 0 Å². The number of amides is 2. The Balaban J connectivity index is 1.61. The maximum absolute atomic E-state index is 14.2. The quantitative estimate of drug-likeness (QED) is 0.403. The van der Waals surface area contributed by atoms with Crippen molar-refractivity contribution in [1.29, 1.82) is 0 Å². The summed E-state index contributed by atoms with van der Waals surface area (Å²) < 4.78 is 11.8. The van der Waals surface area contributed by atoms with Gasteiger partial charge in [0.15, 0.2) is 0 Å². The van der Waals surface area contributed by atoms with Gasteiger partial charge in [0.25, 0.3) is 5.91 Å². The fourth-order valence-electron chi connectivity index (χ4n) is 5.83. The van der Waals surface area contributed by atoms with E-state index < -0.39 is 35.6 Å². The number of likely N-dealkylation sites (tertiary alicyclic amines) is 1. The van der Waals surface area contributed by atoms with Crippen LogP contribution in [-0.2, 0) is 23.9 Å². The van der Waals surface area contributed by atoms with Gasteiger partial charge in [-0.05, 0) is 50.0 Å². The van der Waals surface area contributed by atoms with Crippen molar-refractivity contribution < 1.29 is 29.0 Å². The van der Waals surface area contributed by atoms with Crippen molar-refractivity contribution in [3.63, 3.8) is 0 Å². The standard InChI is InChI=1S/C26H30N2O6/c1-16-8-9-17(2)18(15-16)27-12-6-10-26-21(20-19(34-26)7-5-14-33-25(20)32)23(30)28(11-3-4-13-29)22(26)24(27)31/h5-10,15,19-22,29H,3-4,11-14H2,1-2H3/t19-,20+,21+,22?,26+/m1/s1. The summed E-state index contributed by atoms with van der Waals surface area (Å²) in [5.41, 5.74) is 1.53. The summed E-state index contributed by atoms with van der Waals surface area (Å²) in [5, 5.41) is 9.28. The lowest BCUT2D eigenvalue weighted by atomic mass is 9.78. The van der Waals surface area contributed by atoms with E-state index in [1.54, 1.807) is 22.0 Å². The molecular weight excluding hydrogens is 436 g/mol. The summed E-state index contributed by atoms with van der Waals surface area (Å²) in [5.74, 6) is -2.62. The van der Waals surface area contributed by atoms with E-state index in [1.165, 1.54) is 0 Å². The molecular formula is C26H30N2O6. The summed E-state index contributed by atoms with van der Waals surface area (Å²) in [4.78, 5) is 44.2. The number of aliphatic hydroxyl groups excluding tert-OH is 1. The van der Waals surface area contributed by atoms with Gasteiger partial charge in [0, 0.05) is 25.4 Å². The Morgan fingerprint density at radius 1 is 1.12 bits per heavy atom. The first kappa shape index (κ1) is 22.8. The number of unbranched alkanes of at least 4 members (excludes halogenated alkanes) is 1. The number of ether oxygens (including phenoxy) is 2. The van der Waals surface area contributed by atoms with Gasteiger partial charge < -0.3 is 24.4 Å². The molecule has 180 valence electrons. The number of aryl methyl sites for hydroxylation is 2. The third kappa shape index (κ3) is 3.39. The van der Waals surface area contributed by atoms with E-state index in [4.69, 9.17) is 9.47 Å². The average molecular weight is 467 g/mol. The van der Waals surface area contributed by atoms with Crippen molar-refractivity contribution in [2.75, 3.05) is 31.2 Å². The number of aliphatic hydroxyl groups is 1. The second-order valence-corrected chi connectivity index (χ2v) is 9.50. The molecule has 0 bridgehead atoms. The molecule has 1 spiro atoms. The van der Waals surface area contributed by atoms with Crippen LogP contribution in [0.4, 0.5) is 5.69 Å². The lowest BCUT2D eigenvalue weighted by Crippen LogP contribution is -2.55. The number of cyclic esters (lactones) is 1. The molecule has 4 heterocycles. The van der Waals surface area contributed by atoms with Crippen LogP contribution in [0.2, 0.25) is 0 Å². The molecule has 4 aliphatic heterocycles. The molecule has 2 fully saturated rings. The Morgan fingerprint density at radius 2 is 1.94 bits per heavy atom. The maximum Gasteiger partial charge on any atom is 0.313 e. The van der Waals surface area contributed by atoms with Gasteiger partial charge >= 0.3 is 5.97 Å². The van der Waals surface area contributed by atoms with E-state index in [9.17, 15) is 19.5 Å². The third-order valence-electron chi connectivity index (χ3n) is 7.38. The zero-order valence-corrected chi connectivity index (χ0v) is 19.5. The fourth-order valence-corrected chi connectivity index (χ4v) is 5.83. The number of rotatable bonds is 5. The van der Waals surface area contributed by atoms with Gasteiger partial charge in [-0.3, -0.25) is 14.4 Å². The average Bonchev–Trinajstić information content (AvgIpc) is 3.10. The highest BCUT2D eigenvalue weighted by molar-refractivity contribution is 6.05. The van der Waals surface area contributed by atoms with Crippen LogP contribution in [-0.4, -0.2) is 71.8 Å². The van der Waals surface area contributed by atoms with Crippen LogP contribution in [0.25, 0.3) is 0 Å². The van der Waals surface area contributed by atoms with Crippen molar-refractivity contribution in [2.24, 2.45) is 11.8 Å². The molecule has 34 heavy (non-hydrogen) atoms. The number of anilines is 1. The number of fused-ring (bicyclic) bond motifs is 2. The molecule has 1 unspecified atom stereocenters. The van der Waals surface area contributed by atoms with Crippen LogP contribution in [0.3, 0.4) is 0 Å². The van der Waals surface area contributed by atoms with E-state index >= 15 is 0 Å². The highest BCUT2D eigenvalue weighted by atomic mass is 16.6. The van der Waals surface area contributed by atoms with E-state index in [1.807, 2.05) is 44.2 Å². The summed E-state index contributed by atoms with van der Waals surface area (Å²) in [6.07, 6.45) is 7.62. The molecule has 0 aliphatic carbocycles. The van der Waals surface area contributed by atoms with Gasteiger partial charge in [0.2, 0.25) is 5.91 Å². The first-order valence-electron chi connectivity index (χ1n) is 11.9. The van der Waals surface area contributed by atoms with Crippen LogP contribution < -0.4 is 4.90 Å². The lowest BCUT2D eigenvalue weighted by molar-refractivity contribution is -0.152. The van der Waals surface area contributed by atoms with Crippen molar-refractivity contribution >= 4 is 23.5 Å². The number of carbonyl (C=O) groups is 3. The summed E-state index contributed by atoms with van der Waals surface area (Å²) in [6, 6.07) is 5.05. The number of carbonyl (C=O) groups excluding carboxylic acids is 3. The molecule has 1 aromatic carbocycles. The maximum atomic E-state index is 14.2. The third-order valence-corrected chi connectivity index (χ3v) is 7.38. The molecule has 2 saturated heterocycles. The minimum absolute atomic E-state index is 0.00203. The van der Waals surface area contributed by atoms with Gasteiger partial charge in [0.05, 0.1) is 12.0 Å². The molecule has 2 amide bonds. The fraction of sp³-hybridized carbons (Fsp3) is 0.500. The van der Waals surface area contributed by atoms with Crippen molar-refractivity contribution in [2.45, 2.75) is 44.4 Å². The molecule has 0 aromatic heterocycles. The first-order valence-corrected chi connectivity index (χ1v) is 11.9. The predicted molar refractivity (Wildman–Crippen MR) is 124 cm³/mol. The Labute approximate surface area is 198 Å². The molecule has 0 radical (unpaired) electrons. The van der Waals surface area contributed by atoms with Crippen LogP contribution in [0, 0.1) is 25.7 Å². The van der Waals surface area contributed by atoms with Crippen LogP contribution in [0.1, 0.15) is 24.0 Å². The molecule has 1 N–H and O–H groups in total. The minimum atomic E-state index is -1.25. The van der Waals surface area contributed by atoms with Crippen LogP contribution in [0.15, 0.2) is 42.5 Å². The van der Waals surface area contributed by atoms with Gasteiger partial charge in [-0.15, -0.1) is 0 Å². The monoisotopic (exact) mass is 466 g/mol. The van der Waals surface area contributed by atoms with Gasteiger partial charge in [-0.2, -0.15) is 0 Å². The predicted octanol–water partition coefficient (Wildman–Crippen LogP) is 1.67. The zero-order chi connectivity index (χ0) is 24.0. The second-order valence-electron chi connectivity index (χ2n) is 9.50. The Bertz CT molecular complexity index is 1080. The van der Waals surface area contributed by atoms with Crippen LogP contribution in [0.5, 0.6) is 0 Å². The van der Waals surface area contributed by atoms with Crippen molar-refractivity contribution in [1.82, 2.24) is 4.90 Å². The molecule has 4 aliphatic rings. The highest BCUT2D eigenvalue weighted by Crippen LogP contribution is 2.53. The largest absolute Gasteiger partial charge is 0.461 e. The van der Waals surface area contributed by atoms with Crippen molar-refractivity contribution in [3.05, 3.63) is 53.6 Å². The number of hydrogen-bond acceptors (Lipinski definition) is 6. The van der Waals surface area contributed by atoms with Crippen molar-refractivity contribution in [3.8, 4) is 0 Å². The molecule has 0 saturated carbocycles. The highest BCUT2D eigenvalue weighted by Gasteiger charge is 2.71. The summed E-state index contributed by atoms with van der Waals surface area (Å²) in [7, 11) is 0. The van der Waals surface area contributed by atoms with Gasteiger partial charge in [-0.25, -0.2) is 0 Å². The topological polar surface area (TPSA) is 96.4 Å². The number of hydrogen-bond donors (Lipinski definition) is 1. The van der Waals surface area contributed by atoms with E-state index in [2.05, 4.69) is 0 Å². The first-order chi connectivity index (χ1) is 16.4. The van der Waals surface area contributed by atoms with E-state index in [0.29, 0.717) is 25.9 Å². The Hall–Kier alpha value is -2.97. The smallest absolute Gasteiger partial charge is 0.313 e. The zero-order valence-electron chi connectivity index (χ0n) is 19.5. The Morgan fingerprint density at radius 3 is 2.74 bits per heavy atom. The normalized spacial score (nSPS) is 32.3. The van der Waals surface area contributed by atoms with E-state index in [-0.39, 0.29) is 25.0 Å². The lowest BCUT2D eigenvalue weighted by Gasteiger charge is -2.35. The Kier molecular flexibility index (Phi) is 5.81. The second kappa shape index (κ2) is 8.67. The minimum Gasteiger partial charge on any atom is -0.461 e. The number of esters is 1. The SMILES string of the molecule is Cc1ccc(C)c(N2CC=C[C@]34O[C@@H]5C=CCOC(=O)[C@@H]5[C@H]3C(=O)N(CCCCO)C4C2=O)c1. The molecule has 8 nitrogen and oxygen atoms in total. The summed E-state index contributed by atoms with van der Waals surface area (Å²) in [6.45, 7) is 4.72. The number of nitrogens with zero attached hydrogens (tertiary/aromatic N) is 2. The molecule has 8 heteroatoms. The molecule has 1 aromatic rings. The summed E-state index contributed by atoms with van der Waals surface area (Å²) >= 11 is 0. The molecule has 5 rings (SSSR count). The van der Waals surface area contributed by atoms with Gasteiger partial charge in [-0.1, -0.05) is 30.4 Å². The van der Waals surface area contributed by atoms with Gasteiger partial charge in [0.1, 0.15) is 24.2 Å². The molecule has 5 atom stereocenters.